The Kier molecular flexibility index (Phi) is 14.4. The van der Waals surface area contributed by atoms with E-state index in [2.05, 4.69) is 16.0 Å². The Hall–Kier alpha value is -2.94. The second-order valence-corrected chi connectivity index (χ2v) is 9.86. The predicted molar refractivity (Wildman–Crippen MR) is 142 cm³/mol. The van der Waals surface area contributed by atoms with Crippen molar-refractivity contribution in [3.05, 3.63) is 35.9 Å². The van der Waals surface area contributed by atoms with E-state index in [1.54, 1.807) is 0 Å². The van der Waals surface area contributed by atoms with Crippen molar-refractivity contribution in [2.24, 2.45) is 17.4 Å². The van der Waals surface area contributed by atoms with Crippen molar-refractivity contribution in [2.75, 3.05) is 6.54 Å². The SMILES string of the molecule is CCC[C@H](NC(=O)[C@H](CCCCN)NC(=O)C[C@@H](C)c1ccccc1)C(=O)N[C@@H](CC(C)C)C(N)=O. The minimum atomic E-state index is -0.839. The molecular weight excluding hydrogens is 458 g/mol. The van der Waals surface area contributed by atoms with Gasteiger partial charge in [-0.05, 0) is 56.0 Å². The van der Waals surface area contributed by atoms with Crippen molar-refractivity contribution < 1.29 is 19.2 Å². The number of nitrogens with one attached hydrogen (secondary N) is 3. The minimum Gasteiger partial charge on any atom is -0.368 e. The number of amides is 4. The second kappa shape index (κ2) is 16.7. The lowest BCUT2D eigenvalue weighted by molar-refractivity contribution is -0.133. The molecule has 0 unspecified atom stereocenters. The first kappa shape index (κ1) is 31.1. The van der Waals surface area contributed by atoms with E-state index < -0.39 is 35.8 Å². The van der Waals surface area contributed by atoms with Crippen LogP contribution in [0, 0.1) is 5.92 Å². The van der Waals surface area contributed by atoms with Crippen molar-refractivity contribution in [3.63, 3.8) is 0 Å². The van der Waals surface area contributed by atoms with E-state index in [0.29, 0.717) is 45.1 Å². The number of nitrogens with two attached hydrogens (primary N) is 2. The minimum absolute atomic E-state index is 0.00994. The van der Waals surface area contributed by atoms with Crippen LogP contribution >= 0.6 is 0 Å². The number of primary amides is 1. The lowest BCUT2D eigenvalue weighted by Gasteiger charge is -2.25. The Bertz CT molecular complexity index is 831. The summed E-state index contributed by atoms with van der Waals surface area (Å²) in [6.07, 6.45) is 3.46. The quantitative estimate of drug-likeness (QED) is 0.206. The van der Waals surface area contributed by atoms with Crippen LogP contribution in [-0.2, 0) is 19.2 Å². The molecule has 0 fully saturated rings. The first-order valence-electron chi connectivity index (χ1n) is 13.0. The summed E-state index contributed by atoms with van der Waals surface area (Å²) in [6.45, 7) is 8.21. The molecule has 0 aliphatic heterocycles. The summed E-state index contributed by atoms with van der Waals surface area (Å²) >= 11 is 0. The molecule has 7 N–H and O–H groups in total. The molecule has 36 heavy (non-hydrogen) atoms. The molecule has 0 heterocycles. The van der Waals surface area contributed by atoms with E-state index in [1.165, 1.54) is 0 Å². The van der Waals surface area contributed by atoms with Gasteiger partial charge in [0.2, 0.25) is 23.6 Å². The normalized spacial score (nSPS) is 14.4. The van der Waals surface area contributed by atoms with Gasteiger partial charge in [0.25, 0.3) is 0 Å². The van der Waals surface area contributed by atoms with Gasteiger partial charge in [0, 0.05) is 6.42 Å². The largest absolute Gasteiger partial charge is 0.368 e. The average molecular weight is 504 g/mol. The van der Waals surface area contributed by atoms with Crippen LogP contribution in [0.3, 0.4) is 0 Å². The number of carbonyl (C=O) groups is 4. The Morgan fingerprint density at radius 1 is 0.833 bits per heavy atom. The third-order valence-corrected chi connectivity index (χ3v) is 6.04. The van der Waals surface area contributed by atoms with Gasteiger partial charge in [0.15, 0.2) is 0 Å². The van der Waals surface area contributed by atoms with Crippen molar-refractivity contribution in [2.45, 2.75) is 96.7 Å². The fraction of sp³-hybridized carbons (Fsp3) is 0.630. The van der Waals surface area contributed by atoms with Crippen LogP contribution in [-0.4, -0.2) is 48.3 Å². The highest BCUT2D eigenvalue weighted by Gasteiger charge is 2.29. The summed E-state index contributed by atoms with van der Waals surface area (Å²) in [5.41, 5.74) is 12.1. The van der Waals surface area contributed by atoms with Gasteiger partial charge in [-0.25, -0.2) is 0 Å². The molecule has 0 saturated carbocycles. The van der Waals surface area contributed by atoms with Gasteiger partial charge in [-0.15, -0.1) is 0 Å². The van der Waals surface area contributed by atoms with Gasteiger partial charge in [-0.3, -0.25) is 19.2 Å². The first-order chi connectivity index (χ1) is 17.1. The van der Waals surface area contributed by atoms with Crippen molar-refractivity contribution in [3.8, 4) is 0 Å². The fourth-order valence-corrected chi connectivity index (χ4v) is 4.01. The summed E-state index contributed by atoms with van der Waals surface area (Å²) in [5, 5.41) is 8.32. The third kappa shape index (κ3) is 11.7. The van der Waals surface area contributed by atoms with Gasteiger partial charge >= 0.3 is 0 Å². The number of unbranched alkanes of at least 4 members (excludes halogenated alkanes) is 1. The third-order valence-electron chi connectivity index (χ3n) is 6.04. The Balaban J connectivity index is 2.89. The van der Waals surface area contributed by atoms with Crippen LogP contribution in [0.25, 0.3) is 0 Å². The standard InChI is InChI=1S/C27H45N5O4/c1-5-11-21(26(35)32-23(25(29)34)16-18(2)3)31-27(36)22(14-9-10-15-28)30-24(33)17-19(4)20-12-7-6-8-13-20/h6-8,12-13,18-19,21-23H,5,9-11,14-17,28H2,1-4H3,(H2,29,34)(H,30,33)(H,31,36)(H,32,35)/t19-,21+,22+,23+/m1/s1. The molecule has 1 rings (SSSR count). The number of rotatable bonds is 17. The van der Waals surface area contributed by atoms with Crippen LogP contribution < -0.4 is 27.4 Å². The van der Waals surface area contributed by atoms with E-state index in [1.807, 2.05) is 58.0 Å². The molecule has 4 amide bonds. The summed E-state index contributed by atoms with van der Waals surface area (Å²) < 4.78 is 0. The van der Waals surface area contributed by atoms with E-state index in [4.69, 9.17) is 11.5 Å². The maximum Gasteiger partial charge on any atom is 0.243 e. The van der Waals surface area contributed by atoms with Crippen LogP contribution in [0.2, 0.25) is 0 Å². The first-order valence-corrected chi connectivity index (χ1v) is 13.0. The molecule has 0 saturated heterocycles. The molecule has 0 bridgehead atoms. The monoisotopic (exact) mass is 503 g/mol. The molecule has 0 spiro atoms. The summed E-state index contributed by atoms with van der Waals surface area (Å²) in [6, 6.07) is 7.27. The molecule has 0 aliphatic rings. The van der Waals surface area contributed by atoms with Crippen molar-refractivity contribution in [1.82, 2.24) is 16.0 Å². The number of carbonyl (C=O) groups excluding carboxylic acids is 4. The maximum atomic E-state index is 13.2. The molecule has 1 aromatic carbocycles. The molecule has 0 aromatic heterocycles. The Morgan fingerprint density at radius 2 is 1.42 bits per heavy atom. The van der Waals surface area contributed by atoms with Gasteiger partial charge < -0.3 is 27.4 Å². The van der Waals surface area contributed by atoms with Crippen LogP contribution in [0.15, 0.2) is 30.3 Å². The highest BCUT2D eigenvalue weighted by atomic mass is 16.2. The zero-order chi connectivity index (χ0) is 27.1. The highest BCUT2D eigenvalue weighted by molar-refractivity contribution is 5.94. The fourth-order valence-electron chi connectivity index (χ4n) is 4.01. The zero-order valence-electron chi connectivity index (χ0n) is 22.2. The van der Waals surface area contributed by atoms with E-state index >= 15 is 0 Å². The molecule has 9 heteroatoms. The number of benzene rings is 1. The highest BCUT2D eigenvalue weighted by Crippen LogP contribution is 2.18. The zero-order valence-corrected chi connectivity index (χ0v) is 22.2. The molecule has 0 aliphatic carbocycles. The lowest BCUT2D eigenvalue weighted by Crippen LogP contribution is -2.56. The Labute approximate surface area is 215 Å². The topological polar surface area (TPSA) is 156 Å². The van der Waals surface area contributed by atoms with E-state index in [0.717, 1.165) is 5.56 Å². The lowest BCUT2D eigenvalue weighted by atomic mass is 9.97. The van der Waals surface area contributed by atoms with Gasteiger partial charge in [-0.2, -0.15) is 0 Å². The number of hydrogen-bond donors (Lipinski definition) is 5. The number of hydrogen-bond acceptors (Lipinski definition) is 5. The van der Waals surface area contributed by atoms with Crippen molar-refractivity contribution >= 4 is 23.6 Å². The van der Waals surface area contributed by atoms with Crippen LogP contribution in [0.5, 0.6) is 0 Å². The van der Waals surface area contributed by atoms with Gasteiger partial charge in [-0.1, -0.05) is 64.4 Å². The molecule has 9 nitrogen and oxygen atoms in total. The van der Waals surface area contributed by atoms with Gasteiger partial charge in [0.1, 0.15) is 18.1 Å². The average Bonchev–Trinajstić information content (AvgIpc) is 2.82. The van der Waals surface area contributed by atoms with E-state index in [-0.39, 0.29) is 24.2 Å². The summed E-state index contributed by atoms with van der Waals surface area (Å²) in [7, 11) is 0. The summed E-state index contributed by atoms with van der Waals surface area (Å²) in [4.78, 5) is 50.7. The molecule has 0 radical (unpaired) electrons. The molecule has 1 aromatic rings. The Morgan fingerprint density at radius 3 is 1.94 bits per heavy atom. The van der Waals surface area contributed by atoms with Crippen LogP contribution in [0.4, 0.5) is 0 Å². The van der Waals surface area contributed by atoms with Crippen LogP contribution in [0.1, 0.15) is 84.1 Å². The molecular formula is C27H45N5O4. The smallest absolute Gasteiger partial charge is 0.243 e. The maximum absolute atomic E-state index is 13.2. The van der Waals surface area contributed by atoms with Gasteiger partial charge in [0.05, 0.1) is 0 Å². The molecule has 4 atom stereocenters. The second-order valence-electron chi connectivity index (χ2n) is 9.86. The summed E-state index contributed by atoms with van der Waals surface area (Å²) in [5.74, 6) is -1.59. The van der Waals surface area contributed by atoms with E-state index in [9.17, 15) is 19.2 Å². The predicted octanol–water partition coefficient (Wildman–Crippen LogP) is 2.10. The molecule has 202 valence electrons. The van der Waals surface area contributed by atoms with Crippen molar-refractivity contribution in [1.29, 1.82) is 0 Å².